The van der Waals surface area contributed by atoms with Gasteiger partial charge in [-0.05, 0) is 26.0 Å². The van der Waals surface area contributed by atoms with Gasteiger partial charge in [-0.1, -0.05) is 0 Å². The summed E-state index contributed by atoms with van der Waals surface area (Å²) < 4.78 is 23.0. The third-order valence-corrected chi connectivity index (χ3v) is 1.75. The van der Waals surface area contributed by atoms with Gasteiger partial charge in [0.1, 0.15) is 11.6 Å². The van der Waals surface area contributed by atoms with Crippen molar-refractivity contribution in [2.24, 2.45) is 0 Å². The summed E-state index contributed by atoms with van der Waals surface area (Å²) in [5, 5.41) is 2.30. The van der Waals surface area contributed by atoms with Crippen molar-refractivity contribution in [2.75, 3.05) is 12.4 Å². The molecule has 1 N–H and O–H groups in total. The molecule has 4 nitrogen and oxygen atoms in total. The minimum absolute atomic E-state index is 0.0324. The van der Waals surface area contributed by atoms with Gasteiger partial charge >= 0.3 is 6.09 Å². The minimum atomic E-state index is -0.692. The molecule has 1 aromatic carbocycles. The highest BCUT2D eigenvalue weighted by atomic mass is 19.1. The number of rotatable bonds is 3. The number of anilines is 1. The highest BCUT2D eigenvalue weighted by Crippen LogP contribution is 2.21. The SMILES string of the molecule is COc1ccc(F)c(NC(=O)OC(C)C)c1. The molecule has 88 valence electrons. The van der Waals surface area contributed by atoms with Crippen LogP contribution in [-0.2, 0) is 4.74 Å². The molecule has 0 atom stereocenters. The number of carbonyl (C=O) groups is 1. The molecule has 0 aromatic heterocycles. The lowest BCUT2D eigenvalue weighted by Gasteiger charge is -2.10. The molecular weight excluding hydrogens is 213 g/mol. The van der Waals surface area contributed by atoms with E-state index in [1.54, 1.807) is 13.8 Å². The molecule has 1 rings (SSSR count). The van der Waals surface area contributed by atoms with Gasteiger partial charge in [0, 0.05) is 6.07 Å². The quantitative estimate of drug-likeness (QED) is 0.863. The number of ether oxygens (including phenoxy) is 2. The van der Waals surface area contributed by atoms with Crippen LogP contribution < -0.4 is 10.1 Å². The molecule has 16 heavy (non-hydrogen) atoms. The fraction of sp³-hybridized carbons (Fsp3) is 0.364. The van der Waals surface area contributed by atoms with Crippen molar-refractivity contribution in [1.29, 1.82) is 0 Å². The van der Waals surface area contributed by atoms with Crippen molar-refractivity contribution >= 4 is 11.8 Å². The highest BCUT2D eigenvalue weighted by molar-refractivity contribution is 5.85. The first kappa shape index (κ1) is 12.3. The van der Waals surface area contributed by atoms with E-state index < -0.39 is 11.9 Å². The molecule has 0 unspecified atom stereocenters. The molecule has 1 aromatic rings. The van der Waals surface area contributed by atoms with Crippen LogP contribution in [0, 0.1) is 5.82 Å². The summed E-state index contributed by atoms with van der Waals surface area (Å²) >= 11 is 0. The lowest BCUT2D eigenvalue weighted by atomic mass is 10.3. The summed E-state index contributed by atoms with van der Waals surface area (Å²) in [5.41, 5.74) is 0.0324. The molecule has 0 aliphatic rings. The predicted octanol–water partition coefficient (Wildman–Crippen LogP) is 2.79. The van der Waals surface area contributed by atoms with E-state index in [9.17, 15) is 9.18 Å². The fourth-order valence-corrected chi connectivity index (χ4v) is 1.08. The lowest BCUT2D eigenvalue weighted by Crippen LogP contribution is -2.18. The molecule has 0 bridgehead atoms. The first-order valence-corrected chi connectivity index (χ1v) is 4.84. The van der Waals surface area contributed by atoms with Crippen LogP contribution >= 0.6 is 0 Å². The molecule has 5 heteroatoms. The van der Waals surface area contributed by atoms with Crippen molar-refractivity contribution in [2.45, 2.75) is 20.0 Å². The number of carbonyl (C=O) groups excluding carboxylic acids is 1. The highest BCUT2D eigenvalue weighted by Gasteiger charge is 2.10. The van der Waals surface area contributed by atoms with E-state index in [-0.39, 0.29) is 11.8 Å². The summed E-state index contributed by atoms with van der Waals surface area (Å²) in [4.78, 5) is 11.2. The van der Waals surface area contributed by atoms with E-state index in [0.29, 0.717) is 5.75 Å². The van der Waals surface area contributed by atoms with E-state index in [4.69, 9.17) is 9.47 Å². The van der Waals surface area contributed by atoms with E-state index in [2.05, 4.69) is 5.32 Å². The second kappa shape index (κ2) is 5.34. The second-order valence-electron chi connectivity index (χ2n) is 3.42. The van der Waals surface area contributed by atoms with Crippen LogP contribution in [0.4, 0.5) is 14.9 Å². The lowest BCUT2D eigenvalue weighted by molar-refractivity contribution is 0.130. The first-order chi connectivity index (χ1) is 7.52. The van der Waals surface area contributed by atoms with Crippen LogP contribution in [0.2, 0.25) is 0 Å². The number of hydrogen-bond donors (Lipinski definition) is 1. The zero-order valence-electron chi connectivity index (χ0n) is 9.41. The van der Waals surface area contributed by atoms with Gasteiger partial charge in [-0.2, -0.15) is 0 Å². The normalized spacial score (nSPS) is 10.1. The zero-order valence-corrected chi connectivity index (χ0v) is 9.41. The smallest absolute Gasteiger partial charge is 0.411 e. The minimum Gasteiger partial charge on any atom is -0.497 e. The standard InChI is InChI=1S/C11H14FNO3/c1-7(2)16-11(14)13-10-6-8(15-3)4-5-9(10)12/h4-7H,1-3H3,(H,13,14). The van der Waals surface area contributed by atoms with E-state index >= 15 is 0 Å². The molecule has 0 fully saturated rings. The van der Waals surface area contributed by atoms with E-state index in [0.717, 1.165) is 0 Å². The number of nitrogens with one attached hydrogen (secondary N) is 1. The van der Waals surface area contributed by atoms with Gasteiger partial charge in [0.05, 0.1) is 18.9 Å². The van der Waals surface area contributed by atoms with Crippen LogP contribution in [0.3, 0.4) is 0 Å². The summed E-state index contributed by atoms with van der Waals surface area (Å²) in [6, 6.07) is 4.06. The predicted molar refractivity (Wildman–Crippen MR) is 58.2 cm³/mol. The summed E-state index contributed by atoms with van der Waals surface area (Å²) in [6.07, 6.45) is -0.948. The average molecular weight is 227 g/mol. The van der Waals surface area contributed by atoms with Crippen molar-refractivity contribution < 1.29 is 18.7 Å². The third-order valence-electron chi connectivity index (χ3n) is 1.75. The fourth-order valence-electron chi connectivity index (χ4n) is 1.08. The molecule has 0 spiro atoms. The number of hydrogen-bond acceptors (Lipinski definition) is 3. The molecule has 0 heterocycles. The van der Waals surface area contributed by atoms with Crippen LogP contribution in [0.5, 0.6) is 5.75 Å². The number of methoxy groups -OCH3 is 1. The Morgan fingerprint density at radius 1 is 1.44 bits per heavy atom. The van der Waals surface area contributed by atoms with Crippen LogP contribution in [0.15, 0.2) is 18.2 Å². The number of halogens is 1. The van der Waals surface area contributed by atoms with Gasteiger partial charge in [-0.3, -0.25) is 5.32 Å². The Balaban J connectivity index is 2.75. The first-order valence-electron chi connectivity index (χ1n) is 4.84. The van der Waals surface area contributed by atoms with E-state index in [1.807, 2.05) is 0 Å². The molecule has 0 saturated heterocycles. The third kappa shape index (κ3) is 3.42. The van der Waals surface area contributed by atoms with Gasteiger partial charge in [0.15, 0.2) is 0 Å². The van der Waals surface area contributed by atoms with E-state index in [1.165, 1.54) is 25.3 Å². The van der Waals surface area contributed by atoms with Gasteiger partial charge in [-0.25, -0.2) is 9.18 Å². The topological polar surface area (TPSA) is 47.6 Å². The summed E-state index contributed by atoms with van der Waals surface area (Å²) in [5.74, 6) is -0.0808. The van der Waals surface area contributed by atoms with Gasteiger partial charge in [0.25, 0.3) is 0 Å². The number of benzene rings is 1. The van der Waals surface area contributed by atoms with Gasteiger partial charge in [-0.15, -0.1) is 0 Å². The monoisotopic (exact) mass is 227 g/mol. The van der Waals surface area contributed by atoms with Crippen molar-refractivity contribution in [3.63, 3.8) is 0 Å². The molecule has 0 saturated carbocycles. The summed E-state index contributed by atoms with van der Waals surface area (Å²) in [6.45, 7) is 3.42. The maximum absolute atomic E-state index is 13.3. The van der Waals surface area contributed by atoms with Crippen LogP contribution in [-0.4, -0.2) is 19.3 Å². The maximum Gasteiger partial charge on any atom is 0.411 e. The average Bonchev–Trinajstić information content (AvgIpc) is 2.20. The Kier molecular flexibility index (Phi) is 4.10. The van der Waals surface area contributed by atoms with Gasteiger partial charge in [0.2, 0.25) is 0 Å². The van der Waals surface area contributed by atoms with Crippen LogP contribution in [0.1, 0.15) is 13.8 Å². The molecular formula is C11H14FNO3. The number of amides is 1. The van der Waals surface area contributed by atoms with Crippen molar-refractivity contribution in [3.05, 3.63) is 24.0 Å². The second-order valence-corrected chi connectivity index (χ2v) is 3.42. The Morgan fingerprint density at radius 2 is 2.12 bits per heavy atom. The Morgan fingerprint density at radius 3 is 2.69 bits per heavy atom. The summed E-state index contributed by atoms with van der Waals surface area (Å²) in [7, 11) is 1.46. The van der Waals surface area contributed by atoms with Crippen molar-refractivity contribution in [3.8, 4) is 5.75 Å². The molecule has 0 radical (unpaired) electrons. The maximum atomic E-state index is 13.3. The van der Waals surface area contributed by atoms with Gasteiger partial charge < -0.3 is 9.47 Å². The Hall–Kier alpha value is -1.78. The zero-order chi connectivity index (χ0) is 12.1. The molecule has 0 aliphatic carbocycles. The Bertz CT molecular complexity index is 379. The molecule has 0 aliphatic heterocycles. The van der Waals surface area contributed by atoms with Crippen LogP contribution in [0.25, 0.3) is 0 Å². The van der Waals surface area contributed by atoms with Crippen molar-refractivity contribution in [1.82, 2.24) is 0 Å². The largest absolute Gasteiger partial charge is 0.497 e. The molecule has 1 amide bonds. The Labute approximate surface area is 93.4 Å².